The van der Waals surface area contributed by atoms with Crippen molar-refractivity contribution < 1.29 is 5.11 Å². The molecule has 25 heavy (non-hydrogen) atoms. The molecule has 1 aliphatic carbocycles. The minimum absolute atomic E-state index is 0.414. The monoisotopic (exact) mass is 334 g/mol. The standard InChI is InChI=1S/C22H26N2O/c1-16-11-12-22-20(13-16)19-9-5-6-10-21(19)24(22)15-18(25)14-23-17-7-3-2-4-8-17/h2-4,7-8,11-13,18,23,25H,5-6,9-10,14-15H2,1H3/t18-/m1/s1. The molecule has 0 amide bonds. The number of anilines is 1. The second-order valence-corrected chi connectivity index (χ2v) is 7.16. The van der Waals surface area contributed by atoms with Gasteiger partial charge in [0.2, 0.25) is 0 Å². The molecule has 0 bridgehead atoms. The molecule has 1 aliphatic rings. The molecule has 3 heteroatoms. The smallest absolute Gasteiger partial charge is 0.0891 e. The van der Waals surface area contributed by atoms with Crippen LogP contribution < -0.4 is 5.32 Å². The van der Waals surface area contributed by atoms with E-state index in [9.17, 15) is 5.11 Å². The highest BCUT2D eigenvalue weighted by atomic mass is 16.3. The number of para-hydroxylation sites is 1. The number of benzene rings is 2. The number of rotatable bonds is 5. The van der Waals surface area contributed by atoms with E-state index in [4.69, 9.17) is 0 Å². The minimum Gasteiger partial charge on any atom is -0.389 e. The lowest BCUT2D eigenvalue weighted by molar-refractivity contribution is 0.167. The first-order valence-corrected chi connectivity index (χ1v) is 9.30. The minimum atomic E-state index is -0.414. The van der Waals surface area contributed by atoms with Crippen molar-refractivity contribution in [3.05, 3.63) is 65.4 Å². The molecule has 2 N–H and O–H groups in total. The van der Waals surface area contributed by atoms with E-state index in [1.54, 1.807) is 0 Å². The lowest BCUT2D eigenvalue weighted by Gasteiger charge is -2.19. The Labute approximate surface area is 149 Å². The topological polar surface area (TPSA) is 37.2 Å². The summed E-state index contributed by atoms with van der Waals surface area (Å²) in [5, 5.41) is 15.3. The van der Waals surface area contributed by atoms with Crippen LogP contribution in [0, 0.1) is 6.92 Å². The molecule has 0 unspecified atom stereocenters. The molecular weight excluding hydrogens is 308 g/mol. The van der Waals surface area contributed by atoms with Crippen LogP contribution in [0.15, 0.2) is 48.5 Å². The number of aliphatic hydroxyl groups excluding tert-OH is 1. The van der Waals surface area contributed by atoms with Crippen molar-refractivity contribution in [2.24, 2.45) is 0 Å². The number of nitrogens with one attached hydrogen (secondary N) is 1. The second-order valence-electron chi connectivity index (χ2n) is 7.16. The molecule has 0 fully saturated rings. The summed E-state index contributed by atoms with van der Waals surface area (Å²) in [6.07, 6.45) is 4.41. The molecule has 1 atom stereocenters. The predicted molar refractivity (Wildman–Crippen MR) is 104 cm³/mol. The van der Waals surface area contributed by atoms with Crippen LogP contribution in [0.4, 0.5) is 5.69 Å². The van der Waals surface area contributed by atoms with E-state index in [1.807, 2.05) is 30.3 Å². The fourth-order valence-corrected chi connectivity index (χ4v) is 4.03. The Balaban J connectivity index is 1.58. The maximum absolute atomic E-state index is 10.6. The molecule has 3 aromatic rings. The largest absolute Gasteiger partial charge is 0.389 e. The van der Waals surface area contributed by atoms with E-state index in [1.165, 1.54) is 47.0 Å². The molecular formula is C22H26N2O. The molecule has 0 radical (unpaired) electrons. The van der Waals surface area contributed by atoms with E-state index < -0.39 is 6.10 Å². The molecule has 130 valence electrons. The van der Waals surface area contributed by atoms with Crippen molar-refractivity contribution in [2.45, 2.75) is 45.3 Å². The van der Waals surface area contributed by atoms with Gasteiger partial charge in [-0.1, -0.05) is 29.8 Å². The number of hydrogen-bond acceptors (Lipinski definition) is 2. The average molecular weight is 334 g/mol. The Morgan fingerprint density at radius 3 is 2.72 bits per heavy atom. The van der Waals surface area contributed by atoms with Gasteiger partial charge < -0.3 is 15.0 Å². The third-order valence-corrected chi connectivity index (χ3v) is 5.24. The maximum atomic E-state index is 10.6. The van der Waals surface area contributed by atoms with E-state index in [-0.39, 0.29) is 0 Å². The van der Waals surface area contributed by atoms with E-state index in [2.05, 4.69) is 35.0 Å². The summed E-state index contributed by atoms with van der Waals surface area (Å²) in [4.78, 5) is 0. The van der Waals surface area contributed by atoms with Gasteiger partial charge in [-0.3, -0.25) is 0 Å². The number of fused-ring (bicyclic) bond motifs is 3. The molecule has 0 aliphatic heterocycles. The first-order chi connectivity index (χ1) is 12.2. The molecule has 0 saturated heterocycles. The van der Waals surface area contributed by atoms with Crippen LogP contribution in [-0.4, -0.2) is 22.3 Å². The van der Waals surface area contributed by atoms with E-state index in [0.717, 1.165) is 12.1 Å². The fraction of sp³-hybridized carbons (Fsp3) is 0.364. The number of aliphatic hydroxyl groups is 1. The molecule has 0 spiro atoms. The zero-order valence-electron chi connectivity index (χ0n) is 14.8. The van der Waals surface area contributed by atoms with Crippen LogP contribution in [0.3, 0.4) is 0 Å². The molecule has 1 heterocycles. The normalized spacial score (nSPS) is 15.1. The van der Waals surface area contributed by atoms with Crippen LogP contribution in [0.2, 0.25) is 0 Å². The Hall–Kier alpha value is -2.26. The third kappa shape index (κ3) is 3.29. The first-order valence-electron chi connectivity index (χ1n) is 9.30. The van der Waals surface area contributed by atoms with Gasteiger partial charge in [0.05, 0.1) is 12.6 Å². The Morgan fingerprint density at radius 2 is 1.88 bits per heavy atom. The van der Waals surface area contributed by atoms with Gasteiger partial charge in [-0.15, -0.1) is 0 Å². The Kier molecular flexibility index (Phi) is 4.50. The SMILES string of the molecule is Cc1ccc2c(c1)c1c(n2C[C@H](O)CNc2ccccc2)CCCC1. The lowest BCUT2D eigenvalue weighted by atomic mass is 9.95. The summed E-state index contributed by atoms with van der Waals surface area (Å²) in [5.41, 5.74) is 6.58. The second kappa shape index (κ2) is 6.93. The van der Waals surface area contributed by atoms with Crippen molar-refractivity contribution in [2.75, 3.05) is 11.9 Å². The average Bonchev–Trinajstić information content (AvgIpc) is 2.94. The highest BCUT2D eigenvalue weighted by molar-refractivity contribution is 5.86. The van der Waals surface area contributed by atoms with Crippen LogP contribution in [0.5, 0.6) is 0 Å². The van der Waals surface area contributed by atoms with Gasteiger partial charge in [0, 0.05) is 28.8 Å². The summed E-state index contributed by atoms with van der Waals surface area (Å²) in [7, 11) is 0. The van der Waals surface area contributed by atoms with Gasteiger partial charge in [-0.2, -0.15) is 0 Å². The fourth-order valence-electron chi connectivity index (χ4n) is 4.03. The predicted octanol–water partition coefficient (Wildman–Crippen LogP) is 4.30. The van der Waals surface area contributed by atoms with Crippen molar-refractivity contribution >= 4 is 16.6 Å². The Bertz CT molecular complexity index is 867. The van der Waals surface area contributed by atoms with Crippen molar-refractivity contribution in [3.8, 4) is 0 Å². The molecule has 0 saturated carbocycles. The van der Waals surface area contributed by atoms with Gasteiger partial charge in [0.15, 0.2) is 0 Å². The maximum Gasteiger partial charge on any atom is 0.0891 e. The summed E-state index contributed by atoms with van der Waals surface area (Å²) >= 11 is 0. The summed E-state index contributed by atoms with van der Waals surface area (Å²) < 4.78 is 2.36. The zero-order chi connectivity index (χ0) is 17.2. The van der Waals surface area contributed by atoms with Gasteiger partial charge in [0.1, 0.15) is 0 Å². The quantitative estimate of drug-likeness (QED) is 0.730. The van der Waals surface area contributed by atoms with Gasteiger partial charge in [-0.25, -0.2) is 0 Å². The summed E-state index contributed by atoms with van der Waals surface area (Å²) in [5.74, 6) is 0. The highest BCUT2D eigenvalue weighted by Crippen LogP contribution is 2.33. The van der Waals surface area contributed by atoms with Crippen LogP contribution in [0.25, 0.3) is 10.9 Å². The Morgan fingerprint density at radius 1 is 1.08 bits per heavy atom. The molecule has 3 nitrogen and oxygen atoms in total. The van der Waals surface area contributed by atoms with Crippen LogP contribution in [0.1, 0.15) is 29.7 Å². The number of aromatic nitrogens is 1. The van der Waals surface area contributed by atoms with E-state index >= 15 is 0 Å². The summed E-state index contributed by atoms with van der Waals surface area (Å²) in [6.45, 7) is 3.36. The first kappa shape index (κ1) is 16.2. The van der Waals surface area contributed by atoms with Gasteiger partial charge >= 0.3 is 0 Å². The van der Waals surface area contributed by atoms with Gasteiger partial charge in [0.25, 0.3) is 0 Å². The van der Waals surface area contributed by atoms with Crippen molar-refractivity contribution in [3.63, 3.8) is 0 Å². The van der Waals surface area contributed by atoms with Crippen LogP contribution in [-0.2, 0) is 19.4 Å². The molecule has 2 aromatic carbocycles. The van der Waals surface area contributed by atoms with Crippen LogP contribution >= 0.6 is 0 Å². The van der Waals surface area contributed by atoms with Crippen molar-refractivity contribution in [1.29, 1.82) is 0 Å². The lowest BCUT2D eigenvalue weighted by Crippen LogP contribution is -2.26. The highest BCUT2D eigenvalue weighted by Gasteiger charge is 2.21. The number of aryl methyl sites for hydroxylation is 2. The number of nitrogens with zero attached hydrogens (tertiary/aromatic N) is 1. The number of hydrogen-bond donors (Lipinski definition) is 2. The van der Waals surface area contributed by atoms with Crippen molar-refractivity contribution in [1.82, 2.24) is 4.57 Å². The molecule has 4 rings (SSSR count). The zero-order valence-corrected chi connectivity index (χ0v) is 14.8. The van der Waals surface area contributed by atoms with Gasteiger partial charge in [-0.05, 0) is 62.4 Å². The molecule has 1 aromatic heterocycles. The third-order valence-electron chi connectivity index (χ3n) is 5.24. The summed E-state index contributed by atoms with van der Waals surface area (Å²) in [6, 6.07) is 16.8. The van der Waals surface area contributed by atoms with E-state index in [0.29, 0.717) is 13.1 Å².